The van der Waals surface area contributed by atoms with E-state index in [0.717, 1.165) is 39.1 Å². The van der Waals surface area contributed by atoms with E-state index in [1.165, 1.54) is 0 Å². The molecule has 3 heterocycles. The summed E-state index contributed by atoms with van der Waals surface area (Å²) in [5.74, 6) is 1.22. The van der Waals surface area contributed by atoms with Crippen LogP contribution in [0.3, 0.4) is 0 Å². The van der Waals surface area contributed by atoms with E-state index in [2.05, 4.69) is 30.6 Å². The van der Waals surface area contributed by atoms with E-state index in [1.54, 1.807) is 18.6 Å². The van der Waals surface area contributed by atoms with Crippen LogP contribution in [-0.4, -0.2) is 19.9 Å². The predicted molar refractivity (Wildman–Crippen MR) is 130 cm³/mol. The van der Waals surface area contributed by atoms with Gasteiger partial charge in [0.2, 0.25) is 5.95 Å². The summed E-state index contributed by atoms with van der Waals surface area (Å²) in [5.41, 5.74) is 5.47. The van der Waals surface area contributed by atoms with Crippen LogP contribution >= 0.6 is 11.6 Å². The second-order valence-corrected chi connectivity index (χ2v) is 7.70. The number of anilines is 4. The molecule has 7 heteroatoms. The van der Waals surface area contributed by atoms with Crippen molar-refractivity contribution in [3.63, 3.8) is 0 Å². The molecule has 0 atom stereocenters. The molecule has 0 aliphatic heterocycles. The molecule has 3 aromatic heterocycles. The summed E-state index contributed by atoms with van der Waals surface area (Å²) in [6.07, 6.45) is 5.26. The zero-order valence-electron chi connectivity index (χ0n) is 17.2. The van der Waals surface area contributed by atoms with E-state index in [1.807, 2.05) is 73.7 Å². The maximum absolute atomic E-state index is 6.42. The Morgan fingerprint density at radius 2 is 1.75 bits per heavy atom. The molecule has 156 valence electrons. The highest BCUT2D eigenvalue weighted by Crippen LogP contribution is 2.28. The first-order chi connectivity index (χ1) is 15.7. The number of halogens is 1. The van der Waals surface area contributed by atoms with Crippen LogP contribution in [0.1, 0.15) is 5.56 Å². The molecule has 0 aliphatic carbocycles. The lowest BCUT2D eigenvalue weighted by atomic mass is 10.1. The molecular formula is C25H19ClN6. The van der Waals surface area contributed by atoms with Gasteiger partial charge in [-0.05, 0) is 55.0 Å². The minimum absolute atomic E-state index is 0.526. The second-order valence-electron chi connectivity index (χ2n) is 7.29. The second kappa shape index (κ2) is 8.61. The Morgan fingerprint density at radius 3 is 2.59 bits per heavy atom. The molecule has 0 saturated carbocycles. The fraction of sp³-hybridized carbons (Fsp3) is 0.0400. The van der Waals surface area contributed by atoms with Crippen molar-refractivity contribution >= 4 is 45.6 Å². The summed E-state index contributed by atoms with van der Waals surface area (Å²) in [6, 6.07) is 21.4. The van der Waals surface area contributed by atoms with Crippen molar-refractivity contribution in [3.05, 3.63) is 95.9 Å². The molecule has 0 bridgehead atoms. The van der Waals surface area contributed by atoms with Crippen LogP contribution in [-0.2, 0) is 0 Å². The first-order valence-corrected chi connectivity index (χ1v) is 10.5. The predicted octanol–water partition coefficient (Wildman–Crippen LogP) is 6.54. The van der Waals surface area contributed by atoms with Crippen molar-refractivity contribution < 1.29 is 0 Å². The van der Waals surface area contributed by atoms with Gasteiger partial charge in [-0.2, -0.15) is 0 Å². The Balaban J connectivity index is 1.36. The summed E-state index contributed by atoms with van der Waals surface area (Å²) < 4.78 is 0. The Kier molecular flexibility index (Phi) is 5.35. The number of nitrogens with zero attached hydrogens (tertiary/aromatic N) is 4. The first-order valence-electron chi connectivity index (χ1n) is 10.1. The number of aryl methyl sites for hydroxylation is 1. The van der Waals surface area contributed by atoms with Gasteiger partial charge in [0.1, 0.15) is 5.82 Å². The number of fused-ring (bicyclic) bond motifs is 1. The summed E-state index contributed by atoms with van der Waals surface area (Å²) in [6.45, 7) is 2.03. The minimum Gasteiger partial charge on any atom is -0.340 e. The van der Waals surface area contributed by atoms with Crippen LogP contribution < -0.4 is 10.6 Å². The van der Waals surface area contributed by atoms with Gasteiger partial charge in [-0.1, -0.05) is 29.8 Å². The number of hydrogen-bond donors (Lipinski definition) is 2. The number of aromatic nitrogens is 4. The Bertz CT molecular complexity index is 1400. The monoisotopic (exact) mass is 438 g/mol. The highest BCUT2D eigenvalue weighted by atomic mass is 35.5. The smallest absolute Gasteiger partial charge is 0.227 e. The Morgan fingerprint density at radius 1 is 0.844 bits per heavy atom. The van der Waals surface area contributed by atoms with Crippen LogP contribution in [0.25, 0.3) is 22.2 Å². The number of hydrogen-bond acceptors (Lipinski definition) is 6. The molecular weight excluding hydrogens is 420 g/mol. The van der Waals surface area contributed by atoms with Gasteiger partial charge in [0.15, 0.2) is 0 Å². The molecule has 0 saturated heterocycles. The highest BCUT2D eigenvalue weighted by Gasteiger charge is 2.08. The topological polar surface area (TPSA) is 75.6 Å². The van der Waals surface area contributed by atoms with E-state index in [-0.39, 0.29) is 0 Å². The van der Waals surface area contributed by atoms with Crippen LogP contribution in [0.5, 0.6) is 0 Å². The molecule has 0 amide bonds. The van der Waals surface area contributed by atoms with Gasteiger partial charge in [0, 0.05) is 47.0 Å². The maximum Gasteiger partial charge on any atom is 0.227 e. The number of benzene rings is 2. The van der Waals surface area contributed by atoms with Gasteiger partial charge in [0.25, 0.3) is 0 Å². The average molecular weight is 439 g/mol. The largest absolute Gasteiger partial charge is 0.340 e. The maximum atomic E-state index is 6.42. The molecule has 0 fully saturated rings. The number of rotatable bonds is 5. The molecule has 6 nitrogen and oxygen atoms in total. The molecule has 2 aromatic carbocycles. The SMILES string of the molecule is Cc1cc(Nc2cc(Cl)c3ccccc3n2)ccc1Nc1nccc(-c2cccnc2)n1. The average Bonchev–Trinajstić information content (AvgIpc) is 2.82. The van der Waals surface area contributed by atoms with Crippen LogP contribution in [0, 0.1) is 6.92 Å². The fourth-order valence-corrected chi connectivity index (χ4v) is 3.70. The highest BCUT2D eigenvalue weighted by molar-refractivity contribution is 6.35. The van der Waals surface area contributed by atoms with Crippen LogP contribution in [0.15, 0.2) is 85.3 Å². The number of para-hydroxylation sites is 1. The molecule has 0 aliphatic rings. The summed E-state index contributed by atoms with van der Waals surface area (Å²) in [4.78, 5) is 17.8. The quantitative estimate of drug-likeness (QED) is 0.324. The summed E-state index contributed by atoms with van der Waals surface area (Å²) >= 11 is 6.42. The number of pyridine rings is 2. The lowest BCUT2D eigenvalue weighted by Crippen LogP contribution is -2.00. The Hall–Kier alpha value is -4.03. The Labute approximate surface area is 190 Å². The molecule has 2 N–H and O–H groups in total. The first kappa shape index (κ1) is 19.9. The standard InChI is InChI=1S/C25H19ClN6/c1-16-13-18(29-24-14-20(26)19-6-2-3-7-23(19)30-24)8-9-21(16)31-25-28-12-10-22(32-25)17-5-4-11-27-15-17/h2-15H,1H3,(H,29,30)(H,28,31,32). The lowest BCUT2D eigenvalue weighted by molar-refractivity contribution is 1.16. The molecule has 5 rings (SSSR count). The third-order valence-electron chi connectivity index (χ3n) is 5.02. The van der Waals surface area contributed by atoms with Crippen molar-refractivity contribution in [1.82, 2.24) is 19.9 Å². The molecule has 0 unspecified atom stereocenters. The summed E-state index contributed by atoms with van der Waals surface area (Å²) in [5, 5.41) is 8.24. The van der Waals surface area contributed by atoms with Gasteiger partial charge >= 0.3 is 0 Å². The molecule has 5 aromatic rings. The van der Waals surface area contributed by atoms with E-state index in [9.17, 15) is 0 Å². The van der Waals surface area contributed by atoms with Crippen molar-refractivity contribution in [2.75, 3.05) is 10.6 Å². The van der Waals surface area contributed by atoms with Crippen molar-refractivity contribution in [1.29, 1.82) is 0 Å². The van der Waals surface area contributed by atoms with Gasteiger partial charge in [-0.3, -0.25) is 4.98 Å². The fourth-order valence-electron chi connectivity index (χ4n) is 3.44. The van der Waals surface area contributed by atoms with Gasteiger partial charge in [-0.25, -0.2) is 15.0 Å². The number of nitrogens with one attached hydrogen (secondary N) is 2. The lowest BCUT2D eigenvalue weighted by Gasteiger charge is -2.12. The third kappa shape index (κ3) is 4.22. The van der Waals surface area contributed by atoms with Gasteiger partial charge in [0.05, 0.1) is 16.2 Å². The van der Waals surface area contributed by atoms with E-state index >= 15 is 0 Å². The third-order valence-corrected chi connectivity index (χ3v) is 5.34. The van der Waals surface area contributed by atoms with E-state index < -0.39 is 0 Å². The van der Waals surface area contributed by atoms with Crippen LogP contribution in [0.2, 0.25) is 5.02 Å². The van der Waals surface area contributed by atoms with E-state index in [4.69, 9.17) is 11.6 Å². The molecule has 32 heavy (non-hydrogen) atoms. The molecule has 0 radical (unpaired) electrons. The summed E-state index contributed by atoms with van der Waals surface area (Å²) in [7, 11) is 0. The van der Waals surface area contributed by atoms with Crippen molar-refractivity contribution in [3.8, 4) is 11.3 Å². The zero-order chi connectivity index (χ0) is 21.9. The van der Waals surface area contributed by atoms with Crippen molar-refractivity contribution in [2.24, 2.45) is 0 Å². The van der Waals surface area contributed by atoms with Crippen LogP contribution in [0.4, 0.5) is 23.1 Å². The zero-order valence-corrected chi connectivity index (χ0v) is 18.0. The van der Waals surface area contributed by atoms with Gasteiger partial charge < -0.3 is 10.6 Å². The van der Waals surface area contributed by atoms with Gasteiger partial charge in [-0.15, -0.1) is 0 Å². The minimum atomic E-state index is 0.526. The van der Waals surface area contributed by atoms with Crippen molar-refractivity contribution in [2.45, 2.75) is 6.92 Å². The normalized spacial score (nSPS) is 10.8. The van der Waals surface area contributed by atoms with E-state index in [0.29, 0.717) is 16.8 Å². The molecule has 0 spiro atoms.